The Bertz CT molecular complexity index is 896. The van der Waals surface area contributed by atoms with Crippen LogP contribution in [-0.4, -0.2) is 18.0 Å². The maximum absolute atomic E-state index is 12.3. The molecule has 114 valence electrons. The molecule has 0 aliphatic rings. The number of nitrogens with one attached hydrogen (secondary N) is 1. The molecule has 0 aliphatic carbocycles. The summed E-state index contributed by atoms with van der Waals surface area (Å²) in [7, 11) is -3.53. The van der Waals surface area contributed by atoms with Gasteiger partial charge in [-0.3, -0.25) is 0 Å². The van der Waals surface area contributed by atoms with Crippen LogP contribution in [0.5, 0.6) is 0 Å². The lowest BCUT2D eigenvalue weighted by molar-refractivity contribution is 0.580. The van der Waals surface area contributed by atoms with Gasteiger partial charge in [0.15, 0.2) is 0 Å². The number of hydrogen-bond donors (Lipinski definition) is 1. The average Bonchev–Trinajstić information content (AvgIpc) is 2.91. The highest BCUT2D eigenvalue weighted by molar-refractivity contribution is 7.89. The molecule has 0 amide bonds. The molecule has 0 bridgehead atoms. The normalized spacial score (nSPS) is 11.9. The monoisotopic (exact) mass is 315 g/mol. The third-order valence-corrected chi connectivity index (χ3v) is 5.05. The number of fused-ring (bicyclic) bond motifs is 1. The van der Waals surface area contributed by atoms with Gasteiger partial charge in [0.05, 0.1) is 22.7 Å². The maximum atomic E-state index is 12.3. The van der Waals surface area contributed by atoms with Crippen LogP contribution >= 0.6 is 0 Å². The lowest BCUT2D eigenvalue weighted by Crippen LogP contribution is -2.23. The van der Waals surface area contributed by atoms with E-state index in [1.54, 1.807) is 16.6 Å². The van der Waals surface area contributed by atoms with Crippen molar-refractivity contribution in [1.29, 1.82) is 0 Å². The molecule has 1 aromatic carbocycles. The Morgan fingerprint density at radius 3 is 2.64 bits per heavy atom. The van der Waals surface area contributed by atoms with Crippen LogP contribution in [0.25, 0.3) is 5.52 Å². The number of rotatable bonds is 4. The number of aryl methyl sites for hydroxylation is 2. The highest BCUT2D eigenvalue weighted by atomic mass is 32.2. The van der Waals surface area contributed by atoms with Gasteiger partial charge in [0.2, 0.25) is 10.0 Å². The molecule has 0 atom stereocenters. The molecule has 0 spiro atoms. The van der Waals surface area contributed by atoms with Gasteiger partial charge in [0.1, 0.15) is 0 Å². The number of sulfonamides is 1. The summed E-state index contributed by atoms with van der Waals surface area (Å²) >= 11 is 0. The lowest BCUT2D eigenvalue weighted by atomic mass is 10.1. The highest BCUT2D eigenvalue weighted by Crippen LogP contribution is 2.15. The van der Waals surface area contributed by atoms with Crippen LogP contribution in [0.3, 0.4) is 0 Å². The minimum Gasteiger partial charge on any atom is -0.241 e. The second-order valence-corrected chi connectivity index (χ2v) is 7.04. The Balaban J connectivity index is 1.80. The summed E-state index contributed by atoms with van der Waals surface area (Å²) in [6.45, 7) is 4.02. The minimum absolute atomic E-state index is 0.164. The number of hydrogen-bond acceptors (Lipinski definition) is 3. The molecule has 2 aromatic heterocycles. The molecular formula is C16H17N3O2S. The Hall–Kier alpha value is -2.18. The summed E-state index contributed by atoms with van der Waals surface area (Å²) in [5, 5.41) is 4.33. The van der Waals surface area contributed by atoms with Crippen LogP contribution in [0.2, 0.25) is 0 Å². The molecule has 0 fully saturated rings. The molecule has 6 heteroatoms. The number of nitrogens with zero attached hydrogens (tertiary/aromatic N) is 2. The zero-order chi connectivity index (χ0) is 15.7. The predicted molar refractivity (Wildman–Crippen MR) is 85.1 cm³/mol. The molecule has 2 heterocycles. The van der Waals surface area contributed by atoms with E-state index in [0.717, 1.165) is 16.6 Å². The summed E-state index contributed by atoms with van der Waals surface area (Å²) in [5.74, 6) is 0. The summed E-state index contributed by atoms with van der Waals surface area (Å²) in [5.41, 5.74) is 3.64. The van der Waals surface area contributed by atoms with Crippen LogP contribution in [-0.2, 0) is 16.6 Å². The first-order valence-corrected chi connectivity index (χ1v) is 8.44. The molecule has 0 radical (unpaired) electrons. The fourth-order valence-electron chi connectivity index (χ4n) is 2.21. The fraction of sp³-hybridized carbons (Fsp3) is 0.188. The van der Waals surface area contributed by atoms with Gasteiger partial charge in [0, 0.05) is 6.20 Å². The Labute approximate surface area is 129 Å². The molecule has 0 unspecified atom stereocenters. The van der Waals surface area contributed by atoms with Crippen LogP contribution in [0, 0.1) is 13.8 Å². The zero-order valence-corrected chi connectivity index (χ0v) is 13.3. The van der Waals surface area contributed by atoms with Crippen molar-refractivity contribution in [2.24, 2.45) is 0 Å². The van der Waals surface area contributed by atoms with Crippen molar-refractivity contribution >= 4 is 15.5 Å². The molecule has 3 rings (SSSR count). The lowest BCUT2D eigenvalue weighted by Gasteiger charge is -2.07. The molecule has 0 saturated heterocycles. The van der Waals surface area contributed by atoms with Crippen molar-refractivity contribution in [3.8, 4) is 0 Å². The topological polar surface area (TPSA) is 63.5 Å². The van der Waals surface area contributed by atoms with Crippen molar-refractivity contribution in [2.45, 2.75) is 25.3 Å². The molecule has 5 nitrogen and oxygen atoms in total. The Morgan fingerprint density at radius 1 is 1.09 bits per heavy atom. The van der Waals surface area contributed by atoms with Crippen LogP contribution < -0.4 is 4.72 Å². The second-order valence-electron chi connectivity index (χ2n) is 5.28. The summed E-state index contributed by atoms with van der Waals surface area (Å²) in [4.78, 5) is 0.277. The SMILES string of the molecule is Cc1ccc(S(=O)(=O)NCc2cc3ccccn3n2)cc1C. The van der Waals surface area contributed by atoms with E-state index >= 15 is 0 Å². The maximum Gasteiger partial charge on any atom is 0.240 e. The molecule has 0 aliphatic heterocycles. The van der Waals surface area contributed by atoms with Gasteiger partial charge in [-0.1, -0.05) is 12.1 Å². The summed E-state index contributed by atoms with van der Waals surface area (Å²) in [6.07, 6.45) is 1.83. The van der Waals surface area contributed by atoms with Crippen molar-refractivity contribution in [3.63, 3.8) is 0 Å². The summed E-state index contributed by atoms with van der Waals surface area (Å²) in [6, 6.07) is 12.7. The van der Waals surface area contributed by atoms with Crippen LogP contribution in [0.4, 0.5) is 0 Å². The quantitative estimate of drug-likeness (QED) is 0.804. The first-order valence-electron chi connectivity index (χ1n) is 6.96. The van der Waals surface area contributed by atoms with E-state index in [1.165, 1.54) is 0 Å². The van der Waals surface area contributed by atoms with E-state index in [1.807, 2.05) is 50.4 Å². The smallest absolute Gasteiger partial charge is 0.240 e. The fourth-order valence-corrected chi connectivity index (χ4v) is 3.29. The van der Waals surface area contributed by atoms with Gasteiger partial charge < -0.3 is 0 Å². The van der Waals surface area contributed by atoms with Gasteiger partial charge in [-0.15, -0.1) is 0 Å². The first-order chi connectivity index (χ1) is 10.5. The standard InChI is InChI=1S/C16H17N3O2S/c1-12-6-7-16(9-13(12)2)22(20,21)17-11-14-10-15-5-3-4-8-19(15)18-14/h3-10,17H,11H2,1-2H3. The predicted octanol–water partition coefficient (Wildman–Crippen LogP) is 2.43. The van der Waals surface area contributed by atoms with Gasteiger partial charge in [-0.2, -0.15) is 5.10 Å². The number of aromatic nitrogens is 2. The third kappa shape index (κ3) is 2.88. The Kier molecular flexibility index (Phi) is 3.72. The van der Waals surface area contributed by atoms with Crippen LogP contribution in [0.1, 0.15) is 16.8 Å². The Morgan fingerprint density at radius 2 is 1.91 bits per heavy atom. The molecule has 22 heavy (non-hydrogen) atoms. The van der Waals surface area contributed by atoms with E-state index in [2.05, 4.69) is 9.82 Å². The van der Waals surface area contributed by atoms with Gasteiger partial charge in [-0.05, 0) is 55.3 Å². The molecule has 3 aromatic rings. The minimum atomic E-state index is -3.53. The van der Waals surface area contributed by atoms with Gasteiger partial charge in [0.25, 0.3) is 0 Å². The molecular weight excluding hydrogens is 298 g/mol. The number of benzene rings is 1. The van der Waals surface area contributed by atoms with Crippen LogP contribution in [0.15, 0.2) is 53.6 Å². The van der Waals surface area contributed by atoms with E-state index in [4.69, 9.17) is 0 Å². The first kappa shape index (κ1) is 14.7. The van der Waals surface area contributed by atoms with Gasteiger partial charge in [-0.25, -0.2) is 17.7 Å². The van der Waals surface area contributed by atoms with Crippen molar-refractivity contribution < 1.29 is 8.42 Å². The van der Waals surface area contributed by atoms with E-state index < -0.39 is 10.0 Å². The second kappa shape index (κ2) is 5.55. The largest absolute Gasteiger partial charge is 0.241 e. The summed E-state index contributed by atoms with van der Waals surface area (Å²) < 4.78 is 29.0. The van der Waals surface area contributed by atoms with Crippen molar-refractivity contribution in [1.82, 2.24) is 14.3 Å². The number of pyridine rings is 1. The van der Waals surface area contributed by atoms with Crippen molar-refractivity contribution in [3.05, 3.63) is 65.5 Å². The van der Waals surface area contributed by atoms with E-state index in [0.29, 0.717) is 5.69 Å². The van der Waals surface area contributed by atoms with Gasteiger partial charge >= 0.3 is 0 Å². The third-order valence-electron chi connectivity index (χ3n) is 3.65. The van der Waals surface area contributed by atoms with E-state index in [9.17, 15) is 8.42 Å². The van der Waals surface area contributed by atoms with Crippen molar-refractivity contribution in [2.75, 3.05) is 0 Å². The molecule has 0 saturated carbocycles. The highest BCUT2D eigenvalue weighted by Gasteiger charge is 2.15. The average molecular weight is 315 g/mol. The molecule has 1 N–H and O–H groups in total. The van der Waals surface area contributed by atoms with E-state index in [-0.39, 0.29) is 11.4 Å². The zero-order valence-electron chi connectivity index (χ0n) is 12.4.